The highest BCUT2D eigenvalue weighted by molar-refractivity contribution is 6.48. The maximum absolute atomic E-state index is 14.6. The number of nitrogens with one attached hydrogen (secondary N) is 7. The van der Waals surface area contributed by atoms with Crippen LogP contribution in [0.25, 0.3) is 0 Å². The number of amides is 7. The van der Waals surface area contributed by atoms with Crippen LogP contribution >= 0.6 is 0 Å². The van der Waals surface area contributed by atoms with Crippen molar-refractivity contribution in [1.82, 2.24) is 37.2 Å². The Morgan fingerprint density at radius 3 is 1.49 bits per heavy atom. The number of hydrogen-bond acceptors (Lipinski definition) is 10. The molecule has 0 aromatic rings. The molecule has 18 heteroatoms. The van der Waals surface area contributed by atoms with Gasteiger partial charge in [-0.15, -0.1) is 0 Å². The Balaban J connectivity index is 0.853. The minimum Gasteiger partial charge on any atom is -0.404 e. The van der Waals surface area contributed by atoms with Crippen molar-refractivity contribution < 1.29 is 47.6 Å². The zero-order chi connectivity index (χ0) is 60.9. The second-order valence-corrected chi connectivity index (χ2v) is 29.4. The van der Waals surface area contributed by atoms with Crippen molar-refractivity contribution in [3.05, 3.63) is 0 Å². The highest BCUT2D eigenvalue weighted by atomic mass is 16.7. The first-order valence-electron chi connectivity index (χ1n) is 33.2. The molecule has 83 heavy (non-hydrogen) atoms. The minimum atomic E-state index is -1.12. The van der Waals surface area contributed by atoms with E-state index >= 15 is 0 Å². The second kappa shape index (κ2) is 30.7. The van der Waals surface area contributed by atoms with Crippen molar-refractivity contribution in [3.63, 3.8) is 0 Å². The van der Waals surface area contributed by atoms with Gasteiger partial charge in [-0.3, -0.25) is 33.6 Å². The van der Waals surface area contributed by atoms with Gasteiger partial charge in [-0.1, -0.05) is 87.5 Å². The molecule has 17 nitrogen and oxygen atoms in total. The van der Waals surface area contributed by atoms with E-state index in [-0.39, 0.29) is 64.7 Å². The Morgan fingerprint density at radius 1 is 0.566 bits per heavy atom. The monoisotopic (exact) mass is 1160 g/mol. The summed E-state index contributed by atoms with van der Waals surface area (Å²) in [6.07, 6.45) is 19.7. The highest BCUT2D eigenvalue weighted by Gasteiger charge is 2.68. The zero-order valence-corrected chi connectivity index (χ0v) is 53.8. The molecule has 0 unspecified atom stereocenters. The van der Waals surface area contributed by atoms with Gasteiger partial charge in [0, 0.05) is 45.3 Å². The summed E-state index contributed by atoms with van der Waals surface area (Å²) >= 11 is 0. The predicted octanol–water partition coefficient (Wildman–Crippen LogP) is 9.17. The first kappa shape index (κ1) is 68.3. The molecule has 1 saturated heterocycles. The molecule has 8 rings (SSSR count). The van der Waals surface area contributed by atoms with E-state index < -0.39 is 66.2 Å². The summed E-state index contributed by atoms with van der Waals surface area (Å²) in [6, 6.07) is -3.03. The normalized spacial score (nSPS) is 28.1. The molecule has 8 fully saturated rings. The van der Waals surface area contributed by atoms with Gasteiger partial charge >= 0.3 is 7.12 Å². The van der Waals surface area contributed by atoms with E-state index in [4.69, 9.17) is 14.0 Å². The number of unbranched alkanes of at least 4 members (excludes halogenated alkanes) is 6. The van der Waals surface area contributed by atoms with E-state index in [0.29, 0.717) is 89.3 Å². The molecule has 472 valence electrons. The average molecular weight is 1160 g/mol. The van der Waals surface area contributed by atoms with E-state index in [9.17, 15) is 33.6 Å². The molecular weight excluding hydrogens is 1050 g/mol. The van der Waals surface area contributed by atoms with Gasteiger partial charge in [-0.2, -0.15) is 0 Å². The Bertz CT molecular complexity index is 2140. The van der Waals surface area contributed by atoms with E-state index in [2.05, 4.69) is 71.8 Å². The fraction of sp³-hybridized carbons (Fsp3) is 0.892. The van der Waals surface area contributed by atoms with Gasteiger partial charge in [-0.25, -0.2) is 0 Å². The van der Waals surface area contributed by atoms with Crippen LogP contribution in [0.1, 0.15) is 244 Å². The summed E-state index contributed by atoms with van der Waals surface area (Å²) in [5, 5.41) is 21.3. The van der Waals surface area contributed by atoms with Crippen LogP contribution in [0.2, 0.25) is 0 Å². The lowest BCUT2D eigenvalue weighted by Gasteiger charge is -2.64. The van der Waals surface area contributed by atoms with Crippen LogP contribution in [0.15, 0.2) is 0 Å². The summed E-state index contributed by atoms with van der Waals surface area (Å²) in [4.78, 5) is 94.5. The molecule has 0 aromatic heterocycles. The molecule has 0 radical (unpaired) electrons. The summed E-state index contributed by atoms with van der Waals surface area (Å²) in [7, 11) is -0.656. The van der Waals surface area contributed by atoms with Crippen LogP contribution in [-0.2, 0) is 47.6 Å². The number of carbonyl (C=O) groups excluding carboxylic acids is 7. The summed E-state index contributed by atoms with van der Waals surface area (Å²) in [5.41, 5.74) is -0.673. The third-order valence-corrected chi connectivity index (χ3v) is 20.5. The molecule has 0 aromatic carbocycles. The van der Waals surface area contributed by atoms with Crippen LogP contribution in [0.4, 0.5) is 0 Å². The molecule has 0 spiro atoms. The van der Waals surface area contributed by atoms with Gasteiger partial charge in [0.05, 0.1) is 29.4 Å². The van der Waals surface area contributed by atoms with Crippen LogP contribution in [0, 0.1) is 58.2 Å². The number of hydrogen-bond donors (Lipinski definition) is 7. The highest BCUT2D eigenvalue weighted by Crippen LogP contribution is 2.66. The number of ether oxygens (including phenoxy) is 1. The molecule has 7 N–H and O–H groups in total. The first-order valence-corrected chi connectivity index (χ1v) is 33.2. The van der Waals surface area contributed by atoms with Crippen molar-refractivity contribution in [2.75, 3.05) is 19.6 Å². The quantitative estimate of drug-likeness (QED) is 0.0232. The van der Waals surface area contributed by atoms with Gasteiger partial charge in [0.2, 0.25) is 41.4 Å². The largest absolute Gasteiger partial charge is 0.481 e. The molecule has 7 saturated carbocycles. The van der Waals surface area contributed by atoms with Crippen LogP contribution < -0.4 is 37.2 Å². The number of carbonyl (C=O) groups is 7. The van der Waals surface area contributed by atoms with Gasteiger partial charge in [0.15, 0.2) is 0 Å². The van der Waals surface area contributed by atoms with Gasteiger partial charge in [0.1, 0.15) is 18.1 Å². The fourth-order valence-electron chi connectivity index (χ4n) is 15.8. The maximum atomic E-state index is 14.6. The standard InChI is InChI=1S/C65H114BN7O10/c1-14-42(5)56(71-54(76)27-21-18-23-29-68-52(74)25-19-16-22-28-67-53(75)26-20-17-24-30-69-55(77)40-65-37-45-32-46(38-65)34-47(33-45)39-65)59(78)72-57(43(6)15-2)60(79)73-58(44(7)81-62(8,9)10)61(80)70-51(31-41(3)4)66-82-50-36-48-35-49(63(48,11)12)64(50,13)83-66/h41-51,56-58H,14-40H2,1-13H3,(H,67,75)(H,68,74)(H,69,77)(H,70,80)(H,71,76)(H,72,78)(H,73,79)/t42-,43-,44+,45?,46?,47?,48-,49-,50+,51-,56-,57-,58-,64-,65?/m0/s1. The third kappa shape index (κ3) is 19.4. The van der Waals surface area contributed by atoms with Crippen LogP contribution in [0.5, 0.6) is 0 Å². The Labute approximate surface area is 500 Å². The topological polar surface area (TPSA) is 231 Å². The molecular formula is C65H114BN7O10. The Hall–Kier alpha value is -3.77. The third-order valence-electron chi connectivity index (χ3n) is 20.5. The van der Waals surface area contributed by atoms with Gasteiger partial charge < -0.3 is 51.3 Å². The molecule has 1 aliphatic heterocycles. The van der Waals surface area contributed by atoms with E-state index in [1.54, 1.807) is 6.92 Å². The number of rotatable bonds is 36. The smallest absolute Gasteiger partial charge is 0.404 e. The van der Waals surface area contributed by atoms with Crippen molar-refractivity contribution in [2.45, 2.75) is 292 Å². The molecule has 1 heterocycles. The summed E-state index contributed by atoms with van der Waals surface area (Å²) < 4.78 is 19.9. The zero-order valence-electron chi connectivity index (χ0n) is 53.8. The van der Waals surface area contributed by atoms with Crippen LogP contribution in [-0.4, -0.2) is 116 Å². The van der Waals surface area contributed by atoms with Crippen molar-refractivity contribution in [3.8, 4) is 0 Å². The second-order valence-electron chi connectivity index (χ2n) is 29.4. The van der Waals surface area contributed by atoms with E-state index in [1.165, 1.54) is 38.5 Å². The SMILES string of the molecule is CC[C@H](C)[C@H](NC(=O)CCCCCNC(=O)CCCCCNC(=O)CCCCCNC(=O)CC12CC3CC(CC(C3)C1)C2)C(=O)N[C@H](C(=O)N[C@H](C(=O)N[C@@H](CC(C)C)B1O[C@@H]2C[C@@H]3C[C@@H](C3(C)C)[C@]2(C)O1)[C@@H](C)OC(C)(C)C)[C@@H](C)CC. The molecule has 11 atom stereocenters. The van der Waals surface area contributed by atoms with Crippen LogP contribution in [0.3, 0.4) is 0 Å². The first-order chi connectivity index (χ1) is 39.1. The molecule has 7 aliphatic carbocycles. The Kier molecular flexibility index (Phi) is 25.3. The lowest BCUT2D eigenvalue weighted by atomic mass is 9.43. The lowest BCUT2D eigenvalue weighted by molar-refractivity contribution is -0.199. The van der Waals surface area contributed by atoms with Crippen molar-refractivity contribution in [1.29, 1.82) is 0 Å². The maximum Gasteiger partial charge on any atom is 0.481 e. The van der Waals surface area contributed by atoms with Crippen molar-refractivity contribution >= 4 is 48.5 Å². The Morgan fingerprint density at radius 2 is 1.02 bits per heavy atom. The van der Waals surface area contributed by atoms with E-state index in [1.807, 2.05) is 48.5 Å². The van der Waals surface area contributed by atoms with Gasteiger partial charge in [-0.05, 0) is 189 Å². The predicted molar refractivity (Wildman–Crippen MR) is 326 cm³/mol. The van der Waals surface area contributed by atoms with Gasteiger partial charge in [0.25, 0.3) is 0 Å². The van der Waals surface area contributed by atoms with Crippen molar-refractivity contribution in [2.24, 2.45) is 58.2 Å². The lowest BCUT2D eigenvalue weighted by Crippen LogP contribution is -2.65. The summed E-state index contributed by atoms with van der Waals surface area (Å²) in [5.74, 6) is 1.23. The van der Waals surface area contributed by atoms with E-state index in [0.717, 1.165) is 69.1 Å². The average Bonchev–Trinajstić information content (AvgIpc) is 1.80. The fourth-order valence-corrected chi connectivity index (χ4v) is 15.8. The molecule has 7 amide bonds. The molecule has 8 aliphatic rings. The molecule has 6 bridgehead atoms. The summed E-state index contributed by atoms with van der Waals surface area (Å²) in [6.45, 7) is 27.9. The minimum absolute atomic E-state index is 0.0133.